The van der Waals surface area contributed by atoms with E-state index in [2.05, 4.69) is 34.7 Å². The molecule has 18 heteroatoms. The van der Waals surface area contributed by atoms with Gasteiger partial charge in [0.25, 0.3) is 0 Å². The molecule has 296 valence electrons. The average Bonchev–Trinajstić information content (AvgIpc) is 3.94. The summed E-state index contributed by atoms with van der Waals surface area (Å²) in [5.74, 6) is 0.960. The number of likely N-dealkylation sites (N-methyl/N-ethyl adjacent to an activating group) is 2. The monoisotopic (exact) mass is 790 g/mol. The number of aromatic nitrogens is 6. The van der Waals surface area contributed by atoms with Crippen molar-refractivity contribution in [1.82, 2.24) is 29.9 Å². The van der Waals surface area contributed by atoms with E-state index in [1.165, 1.54) is 50.2 Å². The maximum atomic E-state index is 13.5. The van der Waals surface area contributed by atoms with Gasteiger partial charge in [0.15, 0.2) is 17.5 Å². The molecule has 2 amide bonds. The molecule has 8 rings (SSSR count). The van der Waals surface area contributed by atoms with Crippen LogP contribution in [0.4, 0.5) is 31.8 Å². The highest BCUT2D eigenvalue weighted by Crippen LogP contribution is 2.41. The molecule has 0 aromatic carbocycles. The molecule has 2 aliphatic carbocycles. The lowest BCUT2D eigenvalue weighted by Crippen LogP contribution is -2.55. The van der Waals surface area contributed by atoms with Crippen LogP contribution in [0.25, 0.3) is 11.4 Å². The molecule has 0 radical (unpaired) electrons. The summed E-state index contributed by atoms with van der Waals surface area (Å²) in [5.41, 5.74) is 2.16. The Kier molecular flexibility index (Phi) is 13.1. The summed E-state index contributed by atoms with van der Waals surface area (Å²) in [7, 11) is 1.93. The third kappa shape index (κ3) is 8.59. The third-order valence-electron chi connectivity index (χ3n) is 10.8. The molecule has 2 fully saturated rings. The minimum Gasteiger partial charge on any atom is -0.423 e. The van der Waals surface area contributed by atoms with Crippen LogP contribution in [0.2, 0.25) is 5.28 Å². The smallest absolute Gasteiger partial charge is 0.423 e. The molecule has 2 aliphatic heterocycles. The van der Waals surface area contributed by atoms with Crippen molar-refractivity contribution >= 4 is 59.0 Å². The van der Waals surface area contributed by atoms with Crippen LogP contribution in [0, 0.1) is 11.9 Å². The van der Waals surface area contributed by atoms with E-state index in [1.807, 2.05) is 13.8 Å². The van der Waals surface area contributed by atoms with Gasteiger partial charge in [0.05, 0.1) is 12.4 Å². The van der Waals surface area contributed by atoms with Gasteiger partial charge in [-0.05, 0) is 73.8 Å². The lowest BCUT2D eigenvalue weighted by atomic mass is 9.81. The number of halogens is 3. The predicted octanol–water partition coefficient (Wildman–Crippen LogP) is 4.72. The molecular formula is C38H46BClF2N10O4. The minimum absolute atomic E-state index is 0.0817. The Bertz CT molecular complexity index is 2020. The van der Waals surface area contributed by atoms with E-state index in [9.17, 15) is 18.4 Å². The van der Waals surface area contributed by atoms with E-state index in [4.69, 9.17) is 26.6 Å². The van der Waals surface area contributed by atoms with Crippen molar-refractivity contribution < 1.29 is 28.4 Å². The van der Waals surface area contributed by atoms with E-state index in [0.717, 1.165) is 61.9 Å². The minimum atomic E-state index is -1.63. The van der Waals surface area contributed by atoms with Gasteiger partial charge in [-0.3, -0.25) is 9.59 Å². The number of carbonyl (C=O) groups is 2. The molecule has 2 atom stereocenters. The second kappa shape index (κ2) is 17.9. The van der Waals surface area contributed by atoms with Crippen molar-refractivity contribution in [2.45, 2.75) is 102 Å². The number of nitrogens with zero attached hydrogens (tertiary/aromatic N) is 10. The van der Waals surface area contributed by atoms with Crippen LogP contribution in [0.1, 0.15) is 78.1 Å². The van der Waals surface area contributed by atoms with E-state index in [1.54, 1.807) is 42.4 Å². The molecule has 56 heavy (non-hydrogen) atoms. The maximum Gasteiger partial charge on any atom is 0.488 e. The lowest BCUT2D eigenvalue weighted by Gasteiger charge is -2.43. The Morgan fingerprint density at radius 3 is 1.68 bits per heavy atom. The van der Waals surface area contributed by atoms with Gasteiger partial charge in [0.2, 0.25) is 29.0 Å². The largest absolute Gasteiger partial charge is 0.488 e. The van der Waals surface area contributed by atoms with Crippen LogP contribution >= 0.6 is 11.6 Å². The van der Waals surface area contributed by atoms with Gasteiger partial charge in [-0.25, -0.2) is 24.9 Å². The zero-order valence-corrected chi connectivity index (χ0v) is 32.6. The first-order chi connectivity index (χ1) is 26.9. The fourth-order valence-electron chi connectivity index (χ4n) is 8.00. The number of carbonyl (C=O) groups excluding carboxylic acids is 2. The van der Waals surface area contributed by atoms with E-state index in [0.29, 0.717) is 29.2 Å². The maximum absolute atomic E-state index is 13.5. The highest BCUT2D eigenvalue weighted by atomic mass is 35.5. The summed E-state index contributed by atoms with van der Waals surface area (Å²) in [6.45, 7) is 4.08. The number of hydrogen-bond acceptors (Lipinski definition) is 12. The summed E-state index contributed by atoms with van der Waals surface area (Å²) >= 11 is 5.97. The van der Waals surface area contributed by atoms with Crippen LogP contribution in [0.3, 0.4) is 0 Å². The Balaban J connectivity index is 0.000000156. The molecule has 4 aromatic rings. The molecule has 6 heterocycles. The Labute approximate surface area is 330 Å². The topological polar surface area (TPSA) is 165 Å². The molecule has 14 nitrogen and oxygen atoms in total. The number of hydrogen-bond donors (Lipinski definition) is 2. The van der Waals surface area contributed by atoms with Crippen molar-refractivity contribution in [2.75, 3.05) is 33.7 Å². The van der Waals surface area contributed by atoms with E-state index < -0.39 is 19.0 Å². The fourth-order valence-corrected chi connectivity index (χ4v) is 8.13. The average molecular weight is 791 g/mol. The van der Waals surface area contributed by atoms with Crippen molar-refractivity contribution in [3.8, 4) is 11.4 Å². The highest BCUT2D eigenvalue weighted by molar-refractivity contribution is 6.58. The van der Waals surface area contributed by atoms with Gasteiger partial charge in [-0.2, -0.15) is 13.8 Å². The van der Waals surface area contributed by atoms with Crippen LogP contribution < -0.4 is 25.1 Å². The summed E-state index contributed by atoms with van der Waals surface area (Å²) < 4.78 is 25.7. The second-order valence-corrected chi connectivity index (χ2v) is 14.6. The first-order valence-electron chi connectivity index (χ1n) is 19.0. The standard InChI is InChI=1S/C19H22FN5O.C14H19ClN4O.C5H5BFNO2/c1-3-14-19(26)24(2)15-11-22-17(12-8-9-21-16(20)10-12)23-18(15)25(14)13-6-4-5-7-13;1-3-10-13(20)18(2)11-8-16-14(15)17-12(11)19(10)9-6-4-5-7-9;7-5-3-4(6(9)10)1-2-8-5/h8-11,13-14H,3-7H2,1-2H3;8-10H,3-7H2,1-2H3;1-3,9-10H/t14-;10-;/m11./s1. The van der Waals surface area contributed by atoms with Gasteiger partial charge in [0.1, 0.15) is 23.5 Å². The summed E-state index contributed by atoms with van der Waals surface area (Å²) in [6.07, 6.45) is 16.5. The zero-order valence-electron chi connectivity index (χ0n) is 31.9. The highest BCUT2D eigenvalue weighted by Gasteiger charge is 2.42. The molecule has 0 spiro atoms. The summed E-state index contributed by atoms with van der Waals surface area (Å²) in [4.78, 5) is 57.5. The van der Waals surface area contributed by atoms with E-state index >= 15 is 0 Å². The van der Waals surface area contributed by atoms with Crippen molar-refractivity contribution in [3.05, 3.63) is 66.2 Å². The quantitative estimate of drug-likeness (QED) is 0.157. The number of pyridine rings is 2. The molecule has 2 N–H and O–H groups in total. The van der Waals surface area contributed by atoms with Crippen LogP contribution in [-0.2, 0) is 9.59 Å². The zero-order chi connectivity index (χ0) is 40.1. The number of amides is 2. The van der Waals surface area contributed by atoms with Gasteiger partial charge >= 0.3 is 7.12 Å². The molecule has 0 saturated heterocycles. The Morgan fingerprint density at radius 1 is 0.732 bits per heavy atom. The molecule has 0 unspecified atom stereocenters. The second-order valence-electron chi connectivity index (χ2n) is 14.2. The summed E-state index contributed by atoms with van der Waals surface area (Å²) in [6, 6.07) is 5.67. The van der Waals surface area contributed by atoms with E-state index in [-0.39, 0.29) is 34.6 Å². The van der Waals surface area contributed by atoms with Gasteiger partial charge in [-0.15, -0.1) is 0 Å². The number of fused-ring (bicyclic) bond motifs is 2. The van der Waals surface area contributed by atoms with Gasteiger partial charge < -0.3 is 29.6 Å². The van der Waals surface area contributed by atoms with Crippen molar-refractivity contribution in [3.63, 3.8) is 0 Å². The Morgan fingerprint density at radius 2 is 1.21 bits per heavy atom. The van der Waals surface area contributed by atoms with Gasteiger partial charge in [0, 0.05) is 50.2 Å². The van der Waals surface area contributed by atoms with Crippen LogP contribution in [-0.4, -0.2) is 97.1 Å². The first kappa shape index (κ1) is 40.8. The van der Waals surface area contributed by atoms with Crippen molar-refractivity contribution in [2.24, 2.45) is 0 Å². The molecular weight excluding hydrogens is 745 g/mol. The molecule has 2 saturated carbocycles. The molecule has 4 aliphatic rings. The molecule has 0 bridgehead atoms. The fraction of sp³-hybridized carbons (Fsp3) is 0.474. The van der Waals surface area contributed by atoms with Gasteiger partial charge in [-0.1, -0.05) is 39.5 Å². The normalized spacial score (nSPS) is 19.6. The number of anilines is 4. The summed E-state index contributed by atoms with van der Waals surface area (Å²) in [5, 5.41) is 17.3. The third-order valence-corrected chi connectivity index (χ3v) is 11.0. The lowest BCUT2D eigenvalue weighted by molar-refractivity contribution is -0.120. The van der Waals surface area contributed by atoms with Crippen molar-refractivity contribution in [1.29, 1.82) is 0 Å². The van der Waals surface area contributed by atoms with Crippen LogP contribution in [0.15, 0.2) is 49.1 Å². The number of rotatable bonds is 6. The first-order valence-corrected chi connectivity index (χ1v) is 19.4. The molecule has 4 aromatic heterocycles. The predicted molar refractivity (Wildman–Crippen MR) is 211 cm³/mol. The SMILES string of the molecule is CC[C@@H]1C(=O)N(C)c2cnc(-c3ccnc(F)c3)nc2N1C1CCCC1.CC[C@@H]1C(=O)N(C)c2cnc(Cl)nc2N1C1CCCC1.OB(O)c1ccnc(F)c1. The Hall–Kier alpha value is -4.87. The van der Waals surface area contributed by atoms with Crippen LogP contribution in [0.5, 0.6) is 0 Å².